The van der Waals surface area contributed by atoms with E-state index in [0.29, 0.717) is 10.9 Å². The lowest BCUT2D eigenvalue weighted by molar-refractivity contribution is -0.139. The number of carbonyl (C=O) groups excluding carboxylic acids is 1. The molecule has 1 saturated heterocycles. The molecule has 0 spiro atoms. The number of aromatic nitrogens is 4. The van der Waals surface area contributed by atoms with Gasteiger partial charge >= 0.3 is 5.97 Å². The molecule has 0 bridgehead atoms. The summed E-state index contributed by atoms with van der Waals surface area (Å²) >= 11 is 1.37. The first-order valence-electron chi connectivity index (χ1n) is 6.13. The number of methoxy groups -OCH3 is 1. The van der Waals surface area contributed by atoms with Crippen molar-refractivity contribution in [1.82, 2.24) is 19.8 Å². The van der Waals surface area contributed by atoms with Gasteiger partial charge < -0.3 is 9.47 Å². The van der Waals surface area contributed by atoms with Crippen LogP contribution < -0.4 is 0 Å². The minimum Gasteiger partial charge on any atom is -0.469 e. The standard InChI is InChI=1S/C11H14N4O3S/c1-17-9(16)6-8-14-15-10(12-13-11(15)19-8)7-2-4-18-5-3-7/h7H,2-6H2,1H3. The molecule has 7 nitrogen and oxygen atoms in total. The fourth-order valence-electron chi connectivity index (χ4n) is 2.15. The molecule has 2 aromatic rings. The van der Waals surface area contributed by atoms with Crippen LogP contribution in [0.25, 0.3) is 4.96 Å². The summed E-state index contributed by atoms with van der Waals surface area (Å²) in [5.74, 6) is 0.903. The topological polar surface area (TPSA) is 78.6 Å². The molecule has 19 heavy (non-hydrogen) atoms. The largest absolute Gasteiger partial charge is 0.469 e. The predicted molar refractivity (Wildman–Crippen MR) is 67.2 cm³/mol. The SMILES string of the molecule is COC(=O)Cc1nn2c(C3CCOCC3)nnc2s1. The summed E-state index contributed by atoms with van der Waals surface area (Å²) in [6, 6.07) is 0. The minimum atomic E-state index is -0.294. The number of ether oxygens (including phenoxy) is 2. The normalized spacial score (nSPS) is 16.9. The van der Waals surface area contributed by atoms with E-state index in [1.54, 1.807) is 4.52 Å². The number of nitrogens with zero attached hydrogens (tertiary/aromatic N) is 4. The van der Waals surface area contributed by atoms with Gasteiger partial charge in [0, 0.05) is 19.1 Å². The second kappa shape index (κ2) is 5.22. The Morgan fingerprint density at radius 1 is 1.47 bits per heavy atom. The molecule has 0 amide bonds. The molecule has 8 heteroatoms. The molecule has 0 saturated carbocycles. The summed E-state index contributed by atoms with van der Waals surface area (Å²) in [7, 11) is 1.37. The highest BCUT2D eigenvalue weighted by atomic mass is 32.1. The van der Waals surface area contributed by atoms with Gasteiger partial charge in [0.15, 0.2) is 5.82 Å². The van der Waals surface area contributed by atoms with Gasteiger partial charge in [-0.25, -0.2) is 0 Å². The van der Waals surface area contributed by atoms with Gasteiger partial charge in [0.05, 0.1) is 13.5 Å². The van der Waals surface area contributed by atoms with E-state index in [-0.39, 0.29) is 12.4 Å². The van der Waals surface area contributed by atoms with Crippen molar-refractivity contribution in [1.29, 1.82) is 0 Å². The number of hydrogen-bond donors (Lipinski definition) is 0. The van der Waals surface area contributed by atoms with E-state index in [1.165, 1.54) is 18.4 Å². The Kier molecular flexibility index (Phi) is 3.43. The van der Waals surface area contributed by atoms with Crippen molar-refractivity contribution >= 4 is 22.3 Å². The Morgan fingerprint density at radius 2 is 2.26 bits per heavy atom. The lowest BCUT2D eigenvalue weighted by Crippen LogP contribution is -2.16. The van der Waals surface area contributed by atoms with Gasteiger partial charge in [-0.1, -0.05) is 11.3 Å². The van der Waals surface area contributed by atoms with E-state index in [0.717, 1.165) is 36.8 Å². The number of esters is 1. The van der Waals surface area contributed by atoms with Crippen molar-refractivity contribution in [2.75, 3.05) is 20.3 Å². The van der Waals surface area contributed by atoms with E-state index in [2.05, 4.69) is 20.0 Å². The van der Waals surface area contributed by atoms with Crippen molar-refractivity contribution in [3.8, 4) is 0 Å². The van der Waals surface area contributed by atoms with Crippen LogP contribution in [0.2, 0.25) is 0 Å². The fraction of sp³-hybridized carbons (Fsp3) is 0.636. The zero-order chi connectivity index (χ0) is 13.2. The first kappa shape index (κ1) is 12.5. The molecule has 0 N–H and O–H groups in total. The predicted octanol–water partition coefficient (Wildman–Crippen LogP) is 0.795. The molecule has 0 aliphatic carbocycles. The summed E-state index contributed by atoms with van der Waals surface area (Å²) < 4.78 is 11.7. The number of carbonyl (C=O) groups is 1. The molecule has 0 unspecified atom stereocenters. The van der Waals surface area contributed by atoms with Gasteiger partial charge in [0.25, 0.3) is 0 Å². The van der Waals surface area contributed by atoms with Crippen molar-refractivity contribution in [3.05, 3.63) is 10.8 Å². The third kappa shape index (κ3) is 2.45. The zero-order valence-electron chi connectivity index (χ0n) is 10.5. The average Bonchev–Trinajstić information content (AvgIpc) is 2.99. The van der Waals surface area contributed by atoms with E-state index in [1.807, 2.05) is 0 Å². The van der Waals surface area contributed by atoms with E-state index < -0.39 is 0 Å². The highest BCUT2D eigenvalue weighted by molar-refractivity contribution is 7.16. The molecule has 1 aliphatic heterocycles. The Labute approximate surface area is 113 Å². The molecule has 2 aromatic heterocycles. The van der Waals surface area contributed by atoms with Gasteiger partial charge in [-0.3, -0.25) is 4.79 Å². The summed E-state index contributed by atoms with van der Waals surface area (Å²) in [5, 5.41) is 13.4. The van der Waals surface area contributed by atoms with Crippen LogP contribution in [0, 0.1) is 0 Å². The van der Waals surface area contributed by atoms with Crippen LogP contribution in [0.15, 0.2) is 0 Å². The average molecular weight is 282 g/mol. The smallest absolute Gasteiger partial charge is 0.312 e. The molecule has 3 heterocycles. The third-order valence-corrected chi connectivity index (χ3v) is 4.07. The van der Waals surface area contributed by atoms with Crippen LogP contribution in [0.1, 0.15) is 29.6 Å². The lowest BCUT2D eigenvalue weighted by Gasteiger charge is -2.19. The number of rotatable bonds is 3. The van der Waals surface area contributed by atoms with Crippen LogP contribution in [-0.4, -0.2) is 46.1 Å². The number of hydrogen-bond acceptors (Lipinski definition) is 7. The van der Waals surface area contributed by atoms with Crippen molar-refractivity contribution in [2.45, 2.75) is 25.2 Å². The van der Waals surface area contributed by atoms with E-state index >= 15 is 0 Å². The van der Waals surface area contributed by atoms with Gasteiger partial charge in [0.2, 0.25) is 4.96 Å². The maximum Gasteiger partial charge on any atom is 0.312 e. The van der Waals surface area contributed by atoms with E-state index in [4.69, 9.17) is 4.74 Å². The maximum atomic E-state index is 11.2. The molecular formula is C11H14N4O3S. The Morgan fingerprint density at radius 3 is 3.00 bits per heavy atom. The van der Waals surface area contributed by atoms with Crippen LogP contribution in [0.5, 0.6) is 0 Å². The van der Waals surface area contributed by atoms with Crippen molar-refractivity contribution in [2.24, 2.45) is 0 Å². The highest BCUT2D eigenvalue weighted by Crippen LogP contribution is 2.27. The highest BCUT2D eigenvalue weighted by Gasteiger charge is 2.23. The quantitative estimate of drug-likeness (QED) is 0.775. The van der Waals surface area contributed by atoms with Gasteiger partial charge in [-0.05, 0) is 12.8 Å². The monoisotopic (exact) mass is 282 g/mol. The van der Waals surface area contributed by atoms with Gasteiger partial charge in [-0.2, -0.15) is 9.61 Å². The van der Waals surface area contributed by atoms with Crippen LogP contribution in [0.4, 0.5) is 0 Å². The summed E-state index contributed by atoms with van der Waals surface area (Å²) in [6.45, 7) is 1.50. The Hall–Kier alpha value is -1.54. The fourth-order valence-corrected chi connectivity index (χ4v) is 2.97. The van der Waals surface area contributed by atoms with Crippen LogP contribution in [0.3, 0.4) is 0 Å². The summed E-state index contributed by atoms with van der Waals surface area (Å²) in [6.07, 6.45) is 2.05. The lowest BCUT2D eigenvalue weighted by atomic mass is 10.00. The van der Waals surface area contributed by atoms with E-state index in [9.17, 15) is 4.79 Å². The first-order valence-corrected chi connectivity index (χ1v) is 6.95. The van der Waals surface area contributed by atoms with Crippen LogP contribution in [-0.2, 0) is 20.7 Å². The first-order chi connectivity index (χ1) is 9.28. The summed E-state index contributed by atoms with van der Waals surface area (Å²) in [5.41, 5.74) is 0. The van der Waals surface area contributed by atoms with Gasteiger partial charge in [-0.15, -0.1) is 10.2 Å². The molecule has 3 rings (SSSR count). The molecular weight excluding hydrogens is 268 g/mol. The minimum absolute atomic E-state index is 0.178. The third-order valence-electron chi connectivity index (χ3n) is 3.17. The number of fused-ring (bicyclic) bond motifs is 1. The summed E-state index contributed by atoms with van der Waals surface area (Å²) in [4.78, 5) is 12.0. The molecule has 0 aromatic carbocycles. The van der Waals surface area contributed by atoms with Gasteiger partial charge in [0.1, 0.15) is 5.01 Å². The molecule has 1 aliphatic rings. The maximum absolute atomic E-state index is 11.2. The molecule has 1 fully saturated rings. The molecule has 102 valence electrons. The zero-order valence-corrected chi connectivity index (χ0v) is 11.4. The Balaban J connectivity index is 1.87. The van der Waals surface area contributed by atoms with Crippen molar-refractivity contribution < 1.29 is 14.3 Å². The molecule has 0 atom stereocenters. The Bertz CT molecular complexity index is 588. The second-order valence-electron chi connectivity index (χ2n) is 4.39. The van der Waals surface area contributed by atoms with Crippen molar-refractivity contribution in [3.63, 3.8) is 0 Å². The second-order valence-corrected chi connectivity index (χ2v) is 5.43. The molecule has 0 radical (unpaired) electrons. The van der Waals surface area contributed by atoms with Crippen LogP contribution >= 0.6 is 11.3 Å².